The van der Waals surface area contributed by atoms with Gasteiger partial charge in [0.2, 0.25) is 5.88 Å². The molecule has 1 aromatic carbocycles. The summed E-state index contributed by atoms with van der Waals surface area (Å²) in [5.74, 6) is -0.271. The lowest BCUT2D eigenvalue weighted by atomic mass is 9.89. The van der Waals surface area contributed by atoms with Gasteiger partial charge in [-0.15, -0.1) is 0 Å². The first-order valence-corrected chi connectivity index (χ1v) is 10.9. The van der Waals surface area contributed by atoms with Crippen LogP contribution in [-0.4, -0.2) is 44.0 Å². The first kappa shape index (κ1) is 23.0. The standard InChI is InChI=1S/C24H34N4O3/c1-17-20(16-24(2,3)4)25-28(23(17)30)15-14-27-13-5-6-21(27)19-10-7-18(8-11-19)9-12-22(29)26-31/h7-12,21,30-31H,5-6,13-16H2,1-4H3,(H,26,29)/b12-9+/t21-/m0/s1. The highest BCUT2D eigenvalue weighted by Crippen LogP contribution is 2.32. The van der Waals surface area contributed by atoms with Crippen molar-refractivity contribution in [2.24, 2.45) is 5.41 Å². The van der Waals surface area contributed by atoms with Crippen molar-refractivity contribution in [3.63, 3.8) is 0 Å². The van der Waals surface area contributed by atoms with Crippen molar-refractivity contribution in [3.05, 3.63) is 52.7 Å². The van der Waals surface area contributed by atoms with Gasteiger partial charge in [0.15, 0.2) is 0 Å². The minimum Gasteiger partial charge on any atom is -0.493 e. The number of benzene rings is 1. The third kappa shape index (κ3) is 5.95. The second kappa shape index (κ2) is 9.66. The monoisotopic (exact) mass is 426 g/mol. The highest BCUT2D eigenvalue weighted by molar-refractivity contribution is 5.90. The van der Waals surface area contributed by atoms with Crippen molar-refractivity contribution in [2.75, 3.05) is 13.1 Å². The molecule has 1 amide bonds. The Morgan fingerprint density at radius 3 is 2.61 bits per heavy atom. The van der Waals surface area contributed by atoms with Crippen LogP contribution in [0.5, 0.6) is 5.88 Å². The van der Waals surface area contributed by atoms with E-state index in [9.17, 15) is 9.90 Å². The second-order valence-electron chi connectivity index (χ2n) is 9.53. The van der Waals surface area contributed by atoms with Crippen molar-refractivity contribution in [1.29, 1.82) is 0 Å². The van der Waals surface area contributed by atoms with Gasteiger partial charge in [0, 0.05) is 24.2 Å². The Morgan fingerprint density at radius 1 is 1.26 bits per heavy atom. The van der Waals surface area contributed by atoms with Crippen LogP contribution in [-0.2, 0) is 17.8 Å². The van der Waals surface area contributed by atoms with Gasteiger partial charge in [-0.3, -0.25) is 14.9 Å². The van der Waals surface area contributed by atoms with Gasteiger partial charge in [0.25, 0.3) is 5.91 Å². The average molecular weight is 427 g/mol. The van der Waals surface area contributed by atoms with Crippen LogP contribution in [0.2, 0.25) is 0 Å². The zero-order valence-electron chi connectivity index (χ0n) is 18.9. The number of likely N-dealkylation sites (tertiary alicyclic amines) is 1. The van der Waals surface area contributed by atoms with Crippen LogP contribution in [0, 0.1) is 12.3 Å². The molecule has 2 heterocycles. The number of rotatable bonds is 7. The van der Waals surface area contributed by atoms with E-state index in [2.05, 4.69) is 42.9 Å². The van der Waals surface area contributed by atoms with E-state index in [1.165, 1.54) is 11.6 Å². The van der Waals surface area contributed by atoms with E-state index in [-0.39, 0.29) is 11.3 Å². The quantitative estimate of drug-likeness (QED) is 0.355. The topological polar surface area (TPSA) is 90.6 Å². The van der Waals surface area contributed by atoms with Crippen LogP contribution >= 0.6 is 0 Å². The number of aromatic hydroxyl groups is 1. The molecule has 0 spiro atoms. The summed E-state index contributed by atoms with van der Waals surface area (Å²) in [6.07, 6.45) is 6.04. The van der Waals surface area contributed by atoms with E-state index < -0.39 is 5.91 Å². The molecule has 168 valence electrons. The average Bonchev–Trinajstić information content (AvgIpc) is 3.30. The molecule has 2 aromatic rings. The lowest BCUT2D eigenvalue weighted by Crippen LogP contribution is -2.27. The van der Waals surface area contributed by atoms with Gasteiger partial charge >= 0.3 is 0 Å². The summed E-state index contributed by atoms with van der Waals surface area (Å²) in [7, 11) is 0. The fraction of sp³-hybridized carbons (Fsp3) is 0.500. The summed E-state index contributed by atoms with van der Waals surface area (Å²) < 4.78 is 1.74. The summed E-state index contributed by atoms with van der Waals surface area (Å²) >= 11 is 0. The number of carbonyl (C=O) groups excluding carboxylic acids is 1. The number of carbonyl (C=O) groups is 1. The highest BCUT2D eigenvalue weighted by atomic mass is 16.5. The Balaban J connectivity index is 1.65. The molecular formula is C24H34N4O3. The minimum atomic E-state index is -0.547. The first-order valence-electron chi connectivity index (χ1n) is 10.9. The summed E-state index contributed by atoms with van der Waals surface area (Å²) in [4.78, 5) is 13.6. The molecule has 0 saturated carbocycles. The first-order chi connectivity index (χ1) is 14.7. The Hall–Kier alpha value is -2.64. The molecular weight excluding hydrogens is 392 g/mol. The zero-order valence-corrected chi connectivity index (χ0v) is 18.9. The number of hydroxylamine groups is 1. The van der Waals surface area contributed by atoms with Crippen molar-refractivity contribution < 1.29 is 15.1 Å². The normalized spacial score (nSPS) is 17.5. The van der Waals surface area contributed by atoms with E-state index in [0.717, 1.165) is 49.2 Å². The summed E-state index contributed by atoms with van der Waals surface area (Å²) in [6.45, 7) is 11.0. The molecule has 1 aromatic heterocycles. The SMILES string of the molecule is Cc1c(CC(C)(C)C)nn(CCN2CCC[C@H]2c2ccc(/C=C/C(=O)NO)cc2)c1O. The Labute approximate surface area is 184 Å². The van der Waals surface area contributed by atoms with Crippen molar-refractivity contribution >= 4 is 12.0 Å². The van der Waals surface area contributed by atoms with Crippen LogP contribution in [0.25, 0.3) is 6.08 Å². The lowest BCUT2D eigenvalue weighted by Gasteiger charge is -2.25. The third-order valence-electron chi connectivity index (χ3n) is 5.77. The maximum absolute atomic E-state index is 11.1. The maximum Gasteiger partial charge on any atom is 0.267 e. The molecule has 3 N–H and O–H groups in total. The maximum atomic E-state index is 11.1. The summed E-state index contributed by atoms with van der Waals surface area (Å²) in [6, 6.07) is 8.49. The van der Waals surface area contributed by atoms with Crippen LogP contribution in [0.1, 0.15) is 62.0 Å². The van der Waals surface area contributed by atoms with Gasteiger partial charge in [-0.2, -0.15) is 5.10 Å². The van der Waals surface area contributed by atoms with Crippen LogP contribution < -0.4 is 5.48 Å². The van der Waals surface area contributed by atoms with E-state index >= 15 is 0 Å². The summed E-state index contributed by atoms with van der Waals surface area (Å²) in [5.41, 5.74) is 5.72. The van der Waals surface area contributed by atoms with Crippen LogP contribution in [0.3, 0.4) is 0 Å². The molecule has 0 unspecified atom stereocenters. The fourth-order valence-corrected chi connectivity index (χ4v) is 4.15. The van der Waals surface area contributed by atoms with Crippen LogP contribution in [0.15, 0.2) is 30.3 Å². The van der Waals surface area contributed by atoms with E-state index in [1.54, 1.807) is 16.2 Å². The van der Waals surface area contributed by atoms with E-state index in [1.807, 2.05) is 19.1 Å². The lowest BCUT2D eigenvalue weighted by molar-refractivity contribution is -0.124. The largest absolute Gasteiger partial charge is 0.493 e. The second-order valence-corrected chi connectivity index (χ2v) is 9.53. The van der Waals surface area contributed by atoms with Gasteiger partial charge in [-0.1, -0.05) is 45.0 Å². The van der Waals surface area contributed by atoms with E-state index in [0.29, 0.717) is 12.6 Å². The van der Waals surface area contributed by atoms with Gasteiger partial charge in [0.1, 0.15) is 0 Å². The van der Waals surface area contributed by atoms with Gasteiger partial charge in [-0.05, 0) is 55.3 Å². The van der Waals surface area contributed by atoms with Gasteiger partial charge in [0.05, 0.1) is 12.2 Å². The fourth-order valence-electron chi connectivity index (χ4n) is 4.15. The van der Waals surface area contributed by atoms with Gasteiger partial charge < -0.3 is 5.11 Å². The van der Waals surface area contributed by atoms with E-state index in [4.69, 9.17) is 5.21 Å². The van der Waals surface area contributed by atoms with Crippen molar-refractivity contribution in [1.82, 2.24) is 20.2 Å². The number of hydrogen-bond acceptors (Lipinski definition) is 5. The number of nitrogens with one attached hydrogen (secondary N) is 1. The Bertz CT molecular complexity index is 926. The molecule has 3 rings (SSSR count). The number of amides is 1. The molecule has 1 atom stereocenters. The summed E-state index contributed by atoms with van der Waals surface area (Å²) in [5, 5.41) is 23.8. The Kier molecular flexibility index (Phi) is 7.18. The smallest absolute Gasteiger partial charge is 0.267 e. The molecule has 1 aliphatic heterocycles. The predicted octanol–water partition coefficient (Wildman–Crippen LogP) is 3.84. The van der Waals surface area contributed by atoms with Crippen molar-refractivity contribution in [2.45, 2.75) is 59.5 Å². The molecule has 7 heteroatoms. The molecule has 1 saturated heterocycles. The van der Waals surface area contributed by atoms with Gasteiger partial charge in [-0.25, -0.2) is 10.2 Å². The predicted molar refractivity (Wildman–Crippen MR) is 121 cm³/mol. The molecule has 1 aliphatic rings. The highest BCUT2D eigenvalue weighted by Gasteiger charge is 2.26. The molecule has 0 radical (unpaired) electrons. The third-order valence-corrected chi connectivity index (χ3v) is 5.77. The minimum absolute atomic E-state index is 0.125. The zero-order chi connectivity index (χ0) is 22.6. The number of aromatic nitrogens is 2. The molecule has 0 aliphatic carbocycles. The Morgan fingerprint density at radius 2 is 1.97 bits per heavy atom. The van der Waals surface area contributed by atoms with Crippen molar-refractivity contribution in [3.8, 4) is 5.88 Å². The number of nitrogens with zero attached hydrogens (tertiary/aromatic N) is 3. The number of hydrogen-bond donors (Lipinski definition) is 3. The molecule has 1 fully saturated rings. The molecule has 0 bridgehead atoms. The molecule has 7 nitrogen and oxygen atoms in total. The molecule has 31 heavy (non-hydrogen) atoms. The van der Waals surface area contributed by atoms with Crippen LogP contribution in [0.4, 0.5) is 0 Å².